The van der Waals surface area contributed by atoms with E-state index in [-0.39, 0.29) is 23.8 Å². The van der Waals surface area contributed by atoms with Crippen molar-refractivity contribution in [1.29, 1.82) is 0 Å². The molecular weight excluding hydrogens is 482 g/mol. The van der Waals surface area contributed by atoms with Crippen molar-refractivity contribution in [2.24, 2.45) is 11.8 Å². The molecule has 1 aromatic carbocycles. The summed E-state index contributed by atoms with van der Waals surface area (Å²) in [4.78, 5) is 43.0. The van der Waals surface area contributed by atoms with E-state index in [0.29, 0.717) is 37.8 Å². The molecule has 5 unspecified atom stereocenters. The first kappa shape index (κ1) is 26.9. The van der Waals surface area contributed by atoms with E-state index in [1.54, 1.807) is 4.90 Å². The molecule has 1 aliphatic carbocycles. The molecule has 2 N–H and O–H groups in total. The van der Waals surface area contributed by atoms with Gasteiger partial charge in [0.25, 0.3) is 0 Å². The van der Waals surface area contributed by atoms with Gasteiger partial charge in [0.2, 0.25) is 17.7 Å². The Morgan fingerprint density at radius 3 is 2.55 bits per heavy atom. The van der Waals surface area contributed by atoms with Gasteiger partial charge in [-0.2, -0.15) is 0 Å². The zero-order valence-electron chi connectivity index (χ0n) is 22.8. The van der Waals surface area contributed by atoms with Gasteiger partial charge in [-0.05, 0) is 49.8 Å². The minimum Gasteiger partial charge on any atom is -0.382 e. The lowest BCUT2D eigenvalue weighted by atomic mass is 9.74. The van der Waals surface area contributed by atoms with Crippen molar-refractivity contribution in [2.75, 3.05) is 25.1 Å². The van der Waals surface area contributed by atoms with Crippen LogP contribution in [0.4, 0.5) is 5.69 Å². The number of nitrogens with one attached hydrogen (secondary N) is 2. The van der Waals surface area contributed by atoms with Gasteiger partial charge in [0.05, 0.1) is 17.9 Å². The first-order valence-electron chi connectivity index (χ1n) is 14.3. The molecule has 5 atom stereocenters. The van der Waals surface area contributed by atoms with E-state index < -0.39 is 29.6 Å². The Hall–Kier alpha value is -2.71. The molecular formula is C30H41N3O5. The van der Waals surface area contributed by atoms with Gasteiger partial charge < -0.3 is 25.0 Å². The number of fused-ring (bicyclic) bond motifs is 1. The number of likely N-dealkylation sites (tertiary alicyclic amines) is 1. The van der Waals surface area contributed by atoms with Crippen molar-refractivity contribution < 1.29 is 23.9 Å². The van der Waals surface area contributed by atoms with E-state index in [2.05, 4.69) is 24.5 Å². The summed E-state index contributed by atoms with van der Waals surface area (Å²) < 4.78 is 11.9. The number of amides is 3. The number of hydrogen-bond donors (Lipinski definition) is 2. The SMILES string of the molecule is CCOCCCN1C(=O)C2C(C(=O)Nc3ccc(C(C)C)cc3)C3C=CC2(O3)C1C(=O)NC1CCCCC1. The molecule has 1 spiro atoms. The number of hydrogen-bond acceptors (Lipinski definition) is 5. The highest BCUT2D eigenvalue weighted by Crippen LogP contribution is 2.55. The first-order chi connectivity index (χ1) is 18.4. The van der Waals surface area contributed by atoms with Gasteiger partial charge >= 0.3 is 0 Å². The number of carbonyl (C=O) groups is 3. The topological polar surface area (TPSA) is 97.0 Å². The van der Waals surface area contributed by atoms with Crippen LogP contribution in [0, 0.1) is 11.8 Å². The van der Waals surface area contributed by atoms with Crippen molar-refractivity contribution >= 4 is 23.4 Å². The summed E-state index contributed by atoms with van der Waals surface area (Å²) in [5.74, 6) is -1.65. The fraction of sp³-hybridized carbons (Fsp3) is 0.633. The fourth-order valence-corrected chi connectivity index (χ4v) is 6.69. The lowest BCUT2D eigenvalue weighted by molar-refractivity contribution is -0.141. The lowest BCUT2D eigenvalue weighted by Gasteiger charge is -2.34. The van der Waals surface area contributed by atoms with E-state index >= 15 is 0 Å². The molecule has 3 fully saturated rings. The zero-order valence-corrected chi connectivity index (χ0v) is 22.8. The van der Waals surface area contributed by atoms with Crippen LogP contribution < -0.4 is 10.6 Å². The van der Waals surface area contributed by atoms with Crippen LogP contribution in [-0.2, 0) is 23.9 Å². The maximum Gasteiger partial charge on any atom is 0.246 e. The van der Waals surface area contributed by atoms with Crippen LogP contribution in [-0.4, -0.2) is 66.2 Å². The summed E-state index contributed by atoms with van der Waals surface area (Å²) in [7, 11) is 0. The molecule has 3 amide bonds. The molecule has 4 aliphatic rings. The summed E-state index contributed by atoms with van der Waals surface area (Å²) >= 11 is 0. The molecule has 0 radical (unpaired) electrons. The van der Waals surface area contributed by atoms with E-state index in [1.807, 2.05) is 43.3 Å². The van der Waals surface area contributed by atoms with E-state index in [4.69, 9.17) is 9.47 Å². The predicted molar refractivity (Wildman–Crippen MR) is 145 cm³/mol. The number of benzene rings is 1. The van der Waals surface area contributed by atoms with Crippen molar-refractivity contribution in [3.63, 3.8) is 0 Å². The van der Waals surface area contributed by atoms with E-state index in [9.17, 15) is 14.4 Å². The molecule has 206 valence electrons. The third-order valence-corrected chi connectivity index (χ3v) is 8.61. The van der Waals surface area contributed by atoms with Crippen LogP contribution in [0.5, 0.6) is 0 Å². The van der Waals surface area contributed by atoms with Crippen molar-refractivity contribution in [3.8, 4) is 0 Å². The molecule has 5 rings (SSSR count). The summed E-state index contributed by atoms with van der Waals surface area (Å²) in [6.07, 6.45) is 9.10. The third-order valence-electron chi connectivity index (χ3n) is 8.61. The number of ether oxygens (including phenoxy) is 2. The third kappa shape index (κ3) is 4.89. The van der Waals surface area contributed by atoms with Crippen molar-refractivity contribution in [2.45, 2.75) is 89.0 Å². The molecule has 2 saturated heterocycles. The van der Waals surface area contributed by atoms with Gasteiger partial charge in [0.15, 0.2) is 0 Å². The molecule has 38 heavy (non-hydrogen) atoms. The summed E-state index contributed by atoms with van der Waals surface area (Å²) in [5.41, 5.74) is 0.745. The lowest BCUT2D eigenvalue weighted by Crippen LogP contribution is -2.56. The van der Waals surface area contributed by atoms with Gasteiger partial charge in [0, 0.05) is 31.5 Å². The maximum absolute atomic E-state index is 13.9. The van der Waals surface area contributed by atoms with Crippen molar-refractivity contribution in [1.82, 2.24) is 10.2 Å². The Morgan fingerprint density at radius 1 is 1.13 bits per heavy atom. The fourth-order valence-electron chi connectivity index (χ4n) is 6.69. The second kappa shape index (κ2) is 11.2. The molecule has 2 bridgehead atoms. The number of rotatable bonds is 10. The predicted octanol–water partition coefficient (Wildman–Crippen LogP) is 3.77. The molecule has 3 heterocycles. The van der Waals surface area contributed by atoms with Gasteiger partial charge in [-0.15, -0.1) is 0 Å². The molecule has 8 nitrogen and oxygen atoms in total. The Labute approximate surface area is 225 Å². The van der Waals surface area contributed by atoms with Crippen LogP contribution in [0.25, 0.3) is 0 Å². The van der Waals surface area contributed by atoms with Crippen LogP contribution in [0.2, 0.25) is 0 Å². The standard InChI is InChI=1S/C30H41N3O5/c1-4-37-18-8-17-33-26(28(35)32-21-9-6-5-7-10-21)30-16-15-23(38-30)24(25(30)29(33)36)27(34)31-22-13-11-20(12-14-22)19(2)3/h11-16,19,21,23-26H,4-10,17-18H2,1-3H3,(H,31,34)(H,32,35). The molecule has 8 heteroatoms. The average molecular weight is 524 g/mol. The normalized spacial score (nSPS) is 30.2. The van der Waals surface area contributed by atoms with Gasteiger partial charge in [-0.1, -0.05) is 57.4 Å². The van der Waals surface area contributed by atoms with Crippen LogP contribution in [0.15, 0.2) is 36.4 Å². The Balaban J connectivity index is 1.38. The average Bonchev–Trinajstić information content (AvgIpc) is 3.55. The van der Waals surface area contributed by atoms with Gasteiger partial charge in [-0.3, -0.25) is 14.4 Å². The number of nitrogens with zero attached hydrogens (tertiary/aromatic N) is 1. The molecule has 1 aromatic rings. The van der Waals surface area contributed by atoms with Gasteiger partial charge in [-0.25, -0.2) is 0 Å². The Bertz CT molecular complexity index is 1060. The van der Waals surface area contributed by atoms with Crippen molar-refractivity contribution in [3.05, 3.63) is 42.0 Å². The smallest absolute Gasteiger partial charge is 0.246 e. The van der Waals surface area contributed by atoms with E-state index in [1.165, 1.54) is 12.0 Å². The monoisotopic (exact) mass is 523 g/mol. The van der Waals surface area contributed by atoms with Crippen LogP contribution in [0.1, 0.15) is 70.8 Å². The molecule has 3 aliphatic heterocycles. The first-order valence-corrected chi connectivity index (χ1v) is 14.3. The summed E-state index contributed by atoms with van der Waals surface area (Å²) in [6.45, 7) is 7.66. The second-order valence-electron chi connectivity index (χ2n) is 11.4. The second-order valence-corrected chi connectivity index (χ2v) is 11.4. The van der Waals surface area contributed by atoms with Crippen LogP contribution >= 0.6 is 0 Å². The van der Waals surface area contributed by atoms with E-state index in [0.717, 1.165) is 25.7 Å². The quantitative estimate of drug-likeness (QED) is 0.359. The van der Waals surface area contributed by atoms with Gasteiger partial charge in [0.1, 0.15) is 11.6 Å². The highest BCUT2D eigenvalue weighted by Gasteiger charge is 2.72. The zero-order chi connectivity index (χ0) is 26.9. The highest BCUT2D eigenvalue weighted by molar-refractivity contribution is 6.02. The number of anilines is 1. The minimum absolute atomic E-state index is 0.113. The maximum atomic E-state index is 13.9. The summed E-state index contributed by atoms with van der Waals surface area (Å²) in [5, 5.41) is 6.23. The highest BCUT2D eigenvalue weighted by atomic mass is 16.5. The molecule has 0 aromatic heterocycles. The largest absolute Gasteiger partial charge is 0.382 e. The Kier molecular flexibility index (Phi) is 7.91. The number of carbonyl (C=O) groups excluding carboxylic acids is 3. The summed E-state index contributed by atoms with van der Waals surface area (Å²) in [6, 6.07) is 7.11. The van der Waals surface area contributed by atoms with Crippen LogP contribution in [0.3, 0.4) is 0 Å². The Morgan fingerprint density at radius 2 is 1.87 bits per heavy atom. The minimum atomic E-state index is -1.13. The molecule has 1 saturated carbocycles.